The van der Waals surface area contributed by atoms with Crippen LogP contribution in [0, 0.1) is 5.82 Å². The maximum absolute atomic E-state index is 13.3. The highest BCUT2D eigenvalue weighted by atomic mass is 19.1. The second-order valence-corrected chi connectivity index (χ2v) is 6.99. The number of nitrogens with zero attached hydrogens (tertiary/aromatic N) is 3. The molecule has 0 spiro atoms. The zero-order valence-electron chi connectivity index (χ0n) is 14.6. The minimum atomic E-state index is -0.504. The van der Waals surface area contributed by atoms with Crippen LogP contribution in [0.5, 0.6) is 0 Å². The molecule has 26 heavy (non-hydrogen) atoms. The van der Waals surface area contributed by atoms with Gasteiger partial charge in [0, 0.05) is 32.5 Å². The fourth-order valence-corrected chi connectivity index (χ4v) is 3.75. The van der Waals surface area contributed by atoms with Gasteiger partial charge in [0.25, 0.3) is 0 Å². The molecule has 0 aliphatic carbocycles. The third kappa shape index (κ3) is 3.23. The number of amides is 1. The highest BCUT2D eigenvalue weighted by molar-refractivity contribution is 5.76. The van der Waals surface area contributed by atoms with Crippen molar-refractivity contribution in [2.45, 2.75) is 37.5 Å². The van der Waals surface area contributed by atoms with Crippen LogP contribution in [0.3, 0.4) is 0 Å². The number of aromatic nitrogens is 2. The van der Waals surface area contributed by atoms with Gasteiger partial charge < -0.3 is 14.2 Å². The number of likely N-dealkylation sites (tertiary alicyclic amines) is 1. The molecule has 1 aromatic carbocycles. The summed E-state index contributed by atoms with van der Waals surface area (Å²) in [6.07, 6.45) is 3.91. The van der Waals surface area contributed by atoms with E-state index in [1.54, 1.807) is 12.1 Å². The summed E-state index contributed by atoms with van der Waals surface area (Å²) in [5, 5.41) is 4.19. The van der Waals surface area contributed by atoms with Crippen LogP contribution in [0.2, 0.25) is 0 Å². The Bertz CT molecular complexity index is 769. The van der Waals surface area contributed by atoms with Gasteiger partial charge in [-0.25, -0.2) is 4.39 Å². The molecule has 1 atom stereocenters. The lowest BCUT2D eigenvalue weighted by Gasteiger charge is -2.26. The maximum Gasteiger partial charge on any atom is 0.228 e. The van der Waals surface area contributed by atoms with Crippen molar-refractivity contribution in [2.24, 2.45) is 0 Å². The van der Waals surface area contributed by atoms with Crippen LogP contribution >= 0.6 is 0 Å². The molecule has 0 radical (unpaired) electrons. The molecule has 1 unspecified atom stereocenters. The summed E-state index contributed by atoms with van der Waals surface area (Å²) in [5.41, 5.74) is 0.422. The Morgan fingerprint density at radius 3 is 2.81 bits per heavy atom. The predicted molar refractivity (Wildman–Crippen MR) is 91.0 cm³/mol. The van der Waals surface area contributed by atoms with Crippen molar-refractivity contribution in [1.82, 2.24) is 15.0 Å². The third-order valence-corrected chi connectivity index (χ3v) is 5.33. The van der Waals surface area contributed by atoms with Gasteiger partial charge >= 0.3 is 0 Å². The van der Waals surface area contributed by atoms with Crippen LogP contribution in [0.15, 0.2) is 28.8 Å². The summed E-state index contributed by atoms with van der Waals surface area (Å²) in [4.78, 5) is 18.4. The summed E-state index contributed by atoms with van der Waals surface area (Å²) in [7, 11) is 0. The fourth-order valence-electron chi connectivity index (χ4n) is 3.75. The molecule has 2 fully saturated rings. The van der Waals surface area contributed by atoms with Gasteiger partial charge in [-0.2, -0.15) is 4.98 Å². The lowest BCUT2D eigenvalue weighted by atomic mass is 9.79. The molecule has 2 aromatic rings. The highest BCUT2D eigenvalue weighted by Crippen LogP contribution is 2.38. The topological polar surface area (TPSA) is 68.5 Å². The maximum atomic E-state index is 13.3. The Hall–Kier alpha value is -2.28. The number of benzene rings is 1. The first-order valence-corrected chi connectivity index (χ1v) is 9.12. The van der Waals surface area contributed by atoms with Crippen molar-refractivity contribution in [1.29, 1.82) is 0 Å². The summed E-state index contributed by atoms with van der Waals surface area (Å²) in [5.74, 6) is 1.01. The number of carbonyl (C=O) groups is 1. The molecular weight excluding hydrogens is 337 g/mol. The molecule has 3 heterocycles. The number of piperidine rings is 1. The van der Waals surface area contributed by atoms with Crippen molar-refractivity contribution < 1.29 is 18.4 Å². The van der Waals surface area contributed by atoms with E-state index in [4.69, 9.17) is 9.26 Å². The Labute approximate surface area is 151 Å². The van der Waals surface area contributed by atoms with Crippen LogP contribution in [-0.4, -0.2) is 47.3 Å². The Kier molecular flexibility index (Phi) is 4.72. The third-order valence-electron chi connectivity index (χ3n) is 5.33. The predicted octanol–water partition coefficient (Wildman–Crippen LogP) is 2.47. The number of ether oxygens (including phenoxy) is 1. The van der Waals surface area contributed by atoms with Gasteiger partial charge in [0.15, 0.2) is 5.82 Å². The SMILES string of the molecule is O=C1CCCCN1CCc1nc(C2(c3ccc(F)cc3)CCOC2)no1. The quantitative estimate of drug-likeness (QED) is 0.820. The number of hydrogen-bond acceptors (Lipinski definition) is 5. The second-order valence-electron chi connectivity index (χ2n) is 6.99. The van der Waals surface area contributed by atoms with Crippen molar-refractivity contribution in [3.8, 4) is 0 Å². The van der Waals surface area contributed by atoms with E-state index >= 15 is 0 Å². The average molecular weight is 359 g/mol. The van der Waals surface area contributed by atoms with E-state index in [2.05, 4.69) is 10.1 Å². The first-order valence-electron chi connectivity index (χ1n) is 9.12. The molecule has 6 nitrogen and oxygen atoms in total. The lowest BCUT2D eigenvalue weighted by Crippen LogP contribution is -2.36. The molecule has 1 amide bonds. The minimum absolute atomic E-state index is 0.197. The molecule has 2 aliphatic heterocycles. The molecule has 0 saturated carbocycles. The second kappa shape index (κ2) is 7.15. The normalized spacial score (nSPS) is 23.6. The molecule has 4 rings (SSSR count). The molecule has 0 N–H and O–H groups in total. The van der Waals surface area contributed by atoms with Gasteiger partial charge in [0.1, 0.15) is 5.82 Å². The van der Waals surface area contributed by atoms with Crippen LogP contribution < -0.4 is 0 Å². The first kappa shape index (κ1) is 17.1. The van der Waals surface area contributed by atoms with E-state index in [9.17, 15) is 9.18 Å². The Balaban J connectivity index is 1.51. The van der Waals surface area contributed by atoms with E-state index in [0.717, 1.165) is 31.4 Å². The standard InChI is InChI=1S/C19H22FN3O3/c20-15-6-4-14(5-7-15)19(9-12-25-13-19)18-21-16(26-22-18)8-11-23-10-2-1-3-17(23)24/h4-7H,1-3,8-13H2. The van der Waals surface area contributed by atoms with Gasteiger partial charge in [0.05, 0.1) is 12.0 Å². The number of carbonyl (C=O) groups excluding carboxylic acids is 1. The summed E-state index contributed by atoms with van der Waals surface area (Å²) in [6, 6.07) is 6.40. The minimum Gasteiger partial charge on any atom is -0.380 e. The monoisotopic (exact) mass is 359 g/mol. The van der Waals surface area contributed by atoms with Gasteiger partial charge in [-0.15, -0.1) is 0 Å². The molecule has 2 aliphatic rings. The molecule has 138 valence electrons. The molecule has 0 bridgehead atoms. The van der Waals surface area contributed by atoms with Gasteiger partial charge in [0.2, 0.25) is 11.8 Å². The molecular formula is C19H22FN3O3. The summed E-state index contributed by atoms with van der Waals surface area (Å²) < 4.78 is 24.4. The van der Waals surface area contributed by atoms with Gasteiger partial charge in [-0.3, -0.25) is 4.79 Å². The van der Waals surface area contributed by atoms with E-state index < -0.39 is 5.41 Å². The van der Waals surface area contributed by atoms with Crippen LogP contribution in [0.1, 0.15) is 43.0 Å². The van der Waals surface area contributed by atoms with E-state index in [-0.39, 0.29) is 11.7 Å². The smallest absolute Gasteiger partial charge is 0.228 e. The van der Waals surface area contributed by atoms with Crippen LogP contribution in [-0.2, 0) is 21.4 Å². The van der Waals surface area contributed by atoms with Crippen LogP contribution in [0.4, 0.5) is 4.39 Å². The van der Waals surface area contributed by atoms with Crippen molar-refractivity contribution in [3.63, 3.8) is 0 Å². The summed E-state index contributed by atoms with van der Waals surface area (Å²) in [6.45, 7) is 2.44. The van der Waals surface area contributed by atoms with Gasteiger partial charge in [-0.05, 0) is 37.0 Å². The largest absolute Gasteiger partial charge is 0.380 e. The molecule has 2 saturated heterocycles. The van der Waals surface area contributed by atoms with E-state index in [1.165, 1.54) is 12.1 Å². The van der Waals surface area contributed by atoms with Crippen LogP contribution in [0.25, 0.3) is 0 Å². The molecule has 7 heteroatoms. The number of rotatable bonds is 5. The van der Waals surface area contributed by atoms with Crippen molar-refractivity contribution in [2.75, 3.05) is 26.3 Å². The van der Waals surface area contributed by atoms with Crippen molar-refractivity contribution in [3.05, 3.63) is 47.4 Å². The zero-order valence-corrected chi connectivity index (χ0v) is 14.6. The Morgan fingerprint density at radius 1 is 1.23 bits per heavy atom. The summed E-state index contributed by atoms with van der Waals surface area (Å²) >= 11 is 0. The van der Waals surface area contributed by atoms with E-state index in [1.807, 2.05) is 4.90 Å². The molecule has 1 aromatic heterocycles. The zero-order chi connectivity index (χ0) is 18.0. The van der Waals surface area contributed by atoms with E-state index in [0.29, 0.717) is 44.3 Å². The number of halogens is 1. The lowest BCUT2D eigenvalue weighted by molar-refractivity contribution is -0.133. The average Bonchev–Trinajstić information content (AvgIpc) is 3.32. The number of hydrogen-bond donors (Lipinski definition) is 0. The fraction of sp³-hybridized carbons (Fsp3) is 0.526. The van der Waals surface area contributed by atoms with Gasteiger partial charge in [-0.1, -0.05) is 17.3 Å². The van der Waals surface area contributed by atoms with Crippen molar-refractivity contribution >= 4 is 5.91 Å². The highest BCUT2D eigenvalue weighted by Gasteiger charge is 2.42. The Morgan fingerprint density at radius 2 is 2.08 bits per heavy atom. The first-order chi connectivity index (χ1) is 12.7.